The second-order valence-electron chi connectivity index (χ2n) is 4.99. The highest BCUT2D eigenvalue weighted by Gasteiger charge is 2.06. The minimum absolute atomic E-state index is 0.229. The number of phenolic OH excluding ortho intramolecular Hbond substituents is 1. The molecule has 2 aromatic carbocycles. The van der Waals surface area contributed by atoms with E-state index < -0.39 is 0 Å². The minimum atomic E-state index is 0.229. The molecule has 0 radical (unpaired) electrons. The zero-order chi connectivity index (χ0) is 15.4. The molecular weight excluding hydrogens is 290 g/mol. The van der Waals surface area contributed by atoms with E-state index in [9.17, 15) is 5.11 Å². The predicted octanol–water partition coefficient (Wildman–Crippen LogP) is 4.15. The van der Waals surface area contributed by atoms with Gasteiger partial charge in [0, 0.05) is 16.9 Å². The van der Waals surface area contributed by atoms with E-state index in [-0.39, 0.29) is 5.75 Å². The standard InChI is InChI=1S/C19H15NOS/c1-14-18(13-15-6-3-2-4-7-15)22-19(20-14)11-10-16-8-5-9-17(21)12-16/h2-9,12,21H,13H2,1H3. The zero-order valence-electron chi connectivity index (χ0n) is 12.2. The van der Waals surface area contributed by atoms with Crippen molar-refractivity contribution >= 4 is 11.3 Å². The topological polar surface area (TPSA) is 33.1 Å². The number of nitrogens with zero attached hydrogens (tertiary/aromatic N) is 1. The number of rotatable bonds is 2. The van der Waals surface area contributed by atoms with Crippen LogP contribution < -0.4 is 0 Å². The molecule has 22 heavy (non-hydrogen) atoms. The summed E-state index contributed by atoms with van der Waals surface area (Å²) < 4.78 is 0. The highest BCUT2D eigenvalue weighted by atomic mass is 32.1. The third-order valence-electron chi connectivity index (χ3n) is 3.26. The Kier molecular flexibility index (Phi) is 4.22. The fraction of sp³-hybridized carbons (Fsp3) is 0.105. The Morgan fingerprint density at radius 3 is 2.64 bits per heavy atom. The van der Waals surface area contributed by atoms with Crippen molar-refractivity contribution in [2.75, 3.05) is 0 Å². The Balaban J connectivity index is 1.81. The van der Waals surface area contributed by atoms with Crippen molar-refractivity contribution in [3.8, 4) is 17.6 Å². The first-order valence-electron chi connectivity index (χ1n) is 7.02. The smallest absolute Gasteiger partial charge is 0.167 e. The van der Waals surface area contributed by atoms with Gasteiger partial charge in [0.05, 0.1) is 5.69 Å². The van der Waals surface area contributed by atoms with E-state index >= 15 is 0 Å². The van der Waals surface area contributed by atoms with Crippen LogP contribution in [0.15, 0.2) is 54.6 Å². The number of phenols is 1. The lowest BCUT2D eigenvalue weighted by molar-refractivity contribution is 0.475. The number of hydrogen-bond acceptors (Lipinski definition) is 3. The van der Waals surface area contributed by atoms with Crippen molar-refractivity contribution in [1.82, 2.24) is 4.98 Å². The van der Waals surface area contributed by atoms with Crippen LogP contribution in [0.4, 0.5) is 0 Å². The molecule has 0 amide bonds. The van der Waals surface area contributed by atoms with Gasteiger partial charge in [-0.3, -0.25) is 0 Å². The molecule has 0 saturated carbocycles. The number of hydrogen-bond donors (Lipinski definition) is 1. The van der Waals surface area contributed by atoms with Gasteiger partial charge in [0.25, 0.3) is 0 Å². The Labute approximate surface area is 134 Å². The molecule has 1 aromatic heterocycles. The van der Waals surface area contributed by atoms with Gasteiger partial charge in [-0.25, -0.2) is 4.98 Å². The fourth-order valence-electron chi connectivity index (χ4n) is 2.14. The molecule has 3 rings (SSSR count). The van der Waals surface area contributed by atoms with Crippen molar-refractivity contribution in [2.24, 2.45) is 0 Å². The molecular formula is C19H15NOS. The van der Waals surface area contributed by atoms with Crippen molar-refractivity contribution < 1.29 is 5.11 Å². The van der Waals surface area contributed by atoms with Gasteiger partial charge in [-0.2, -0.15) is 0 Å². The van der Waals surface area contributed by atoms with Crippen LogP contribution in [0.25, 0.3) is 0 Å². The molecule has 1 N–H and O–H groups in total. The molecule has 0 aliphatic heterocycles. The third-order valence-corrected chi connectivity index (χ3v) is 4.33. The van der Waals surface area contributed by atoms with Gasteiger partial charge in [0.2, 0.25) is 0 Å². The monoisotopic (exact) mass is 305 g/mol. The minimum Gasteiger partial charge on any atom is -0.508 e. The SMILES string of the molecule is Cc1nc(C#Cc2cccc(O)c2)sc1Cc1ccccc1. The number of thiazole rings is 1. The van der Waals surface area contributed by atoms with Crippen LogP contribution >= 0.6 is 11.3 Å². The van der Waals surface area contributed by atoms with Crippen LogP contribution in [0.2, 0.25) is 0 Å². The van der Waals surface area contributed by atoms with Crippen LogP contribution in [0, 0.1) is 18.8 Å². The lowest BCUT2D eigenvalue weighted by Gasteiger charge is -1.98. The summed E-state index contributed by atoms with van der Waals surface area (Å²) >= 11 is 1.63. The van der Waals surface area contributed by atoms with E-state index in [0.717, 1.165) is 22.7 Å². The largest absolute Gasteiger partial charge is 0.508 e. The van der Waals surface area contributed by atoms with Gasteiger partial charge in [-0.05, 0) is 36.6 Å². The van der Waals surface area contributed by atoms with E-state index in [1.807, 2.05) is 31.2 Å². The maximum absolute atomic E-state index is 9.44. The molecule has 3 aromatic rings. The molecule has 0 saturated heterocycles. The van der Waals surface area contributed by atoms with Gasteiger partial charge < -0.3 is 5.11 Å². The van der Waals surface area contributed by atoms with Crippen molar-refractivity contribution in [3.05, 3.63) is 81.3 Å². The summed E-state index contributed by atoms with van der Waals surface area (Å²) in [6.07, 6.45) is 0.887. The molecule has 0 aliphatic rings. The van der Waals surface area contributed by atoms with Gasteiger partial charge >= 0.3 is 0 Å². The molecule has 0 atom stereocenters. The highest BCUT2D eigenvalue weighted by molar-refractivity contribution is 7.12. The van der Waals surface area contributed by atoms with Crippen molar-refractivity contribution in [3.63, 3.8) is 0 Å². The molecule has 3 heteroatoms. The second kappa shape index (κ2) is 6.46. The van der Waals surface area contributed by atoms with E-state index in [0.29, 0.717) is 0 Å². The maximum Gasteiger partial charge on any atom is 0.167 e. The summed E-state index contributed by atoms with van der Waals surface area (Å²) in [6.45, 7) is 2.02. The Bertz CT molecular complexity index is 841. The molecule has 1 heterocycles. The van der Waals surface area contributed by atoms with Crippen LogP contribution in [0.1, 0.15) is 26.7 Å². The second-order valence-corrected chi connectivity index (χ2v) is 6.07. The fourth-order valence-corrected chi connectivity index (χ4v) is 3.09. The molecule has 2 nitrogen and oxygen atoms in total. The summed E-state index contributed by atoms with van der Waals surface area (Å²) in [5, 5.41) is 10.3. The molecule has 0 bridgehead atoms. The Morgan fingerprint density at radius 2 is 1.86 bits per heavy atom. The van der Waals surface area contributed by atoms with Crippen LogP contribution in [-0.2, 0) is 6.42 Å². The lowest BCUT2D eigenvalue weighted by atomic mass is 10.1. The normalized spacial score (nSPS) is 10.0. The highest BCUT2D eigenvalue weighted by Crippen LogP contribution is 2.21. The average molecular weight is 305 g/mol. The Morgan fingerprint density at radius 1 is 1.05 bits per heavy atom. The maximum atomic E-state index is 9.44. The number of aryl methyl sites for hydroxylation is 1. The average Bonchev–Trinajstić information content (AvgIpc) is 2.87. The first-order valence-corrected chi connectivity index (χ1v) is 7.83. The molecule has 108 valence electrons. The quantitative estimate of drug-likeness (QED) is 0.722. The summed E-state index contributed by atoms with van der Waals surface area (Å²) in [7, 11) is 0. The first kappa shape index (κ1) is 14.4. The third kappa shape index (κ3) is 3.55. The zero-order valence-corrected chi connectivity index (χ0v) is 13.0. The number of aromatic nitrogens is 1. The summed E-state index contributed by atoms with van der Waals surface area (Å²) in [4.78, 5) is 5.77. The van der Waals surface area contributed by atoms with E-state index in [2.05, 4.69) is 29.0 Å². The van der Waals surface area contributed by atoms with Crippen LogP contribution in [0.5, 0.6) is 5.75 Å². The summed E-state index contributed by atoms with van der Waals surface area (Å²) in [5.41, 5.74) is 3.10. The van der Waals surface area contributed by atoms with Crippen molar-refractivity contribution in [1.29, 1.82) is 0 Å². The first-order chi connectivity index (χ1) is 10.7. The van der Waals surface area contributed by atoms with Crippen LogP contribution in [0.3, 0.4) is 0 Å². The number of aromatic hydroxyl groups is 1. The molecule has 0 aliphatic carbocycles. The van der Waals surface area contributed by atoms with Gasteiger partial charge in [-0.15, -0.1) is 11.3 Å². The lowest BCUT2D eigenvalue weighted by Crippen LogP contribution is -1.86. The van der Waals surface area contributed by atoms with Crippen LogP contribution in [-0.4, -0.2) is 10.1 Å². The molecule has 0 unspecified atom stereocenters. The van der Waals surface area contributed by atoms with Gasteiger partial charge in [0.1, 0.15) is 5.75 Å². The molecule has 0 spiro atoms. The van der Waals surface area contributed by atoms with Gasteiger partial charge in [-0.1, -0.05) is 42.3 Å². The predicted molar refractivity (Wildman–Crippen MR) is 90.2 cm³/mol. The van der Waals surface area contributed by atoms with Crippen molar-refractivity contribution in [2.45, 2.75) is 13.3 Å². The summed E-state index contributed by atoms with van der Waals surface area (Å²) in [6, 6.07) is 17.3. The Hall–Kier alpha value is -2.57. The van der Waals surface area contributed by atoms with E-state index in [1.54, 1.807) is 29.5 Å². The summed E-state index contributed by atoms with van der Waals surface area (Å²) in [5.74, 6) is 6.35. The molecule has 0 fully saturated rings. The number of benzene rings is 2. The van der Waals surface area contributed by atoms with E-state index in [4.69, 9.17) is 0 Å². The van der Waals surface area contributed by atoms with Gasteiger partial charge in [0.15, 0.2) is 5.01 Å². The van der Waals surface area contributed by atoms with E-state index in [1.165, 1.54) is 10.4 Å².